The van der Waals surface area contributed by atoms with Gasteiger partial charge in [0.25, 0.3) is 0 Å². The summed E-state index contributed by atoms with van der Waals surface area (Å²) < 4.78 is 0. The number of likely N-dealkylation sites (tertiary alicyclic amines) is 1. The third kappa shape index (κ3) is 2.72. The van der Waals surface area contributed by atoms with Gasteiger partial charge in [0.05, 0.1) is 11.9 Å². The van der Waals surface area contributed by atoms with Gasteiger partial charge in [0.1, 0.15) is 0 Å². The van der Waals surface area contributed by atoms with Crippen molar-refractivity contribution in [3.63, 3.8) is 0 Å². The maximum Gasteiger partial charge on any atom is 0.0725 e. The largest absolute Gasteiger partial charge is 0.380 e. The lowest BCUT2D eigenvalue weighted by Gasteiger charge is -2.33. The van der Waals surface area contributed by atoms with Gasteiger partial charge in [-0.05, 0) is 45.8 Å². The fourth-order valence-electron chi connectivity index (χ4n) is 2.24. The van der Waals surface area contributed by atoms with E-state index in [9.17, 15) is 0 Å². The number of nitrogens with one attached hydrogen (secondary N) is 2. The molecule has 0 aliphatic carbocycles. The van der Waals surface area contributed by atoms with Crippen LogP contribution in [0.2, 0.25) is 0 Å². The molecule has 0 amide bonds. The number of aromatic nitrogens is 2. The molecule has 1 saturated heterocycles. The first-order valence-corrected chi connectivity index (χ1v) is 5.69. The summed E-state index contributed by atoms with van der Waals surface area (Å²) in [5.41, 5.74) is 1.10. The highest BCUT2D eigenvalue weighted by atomic mass is 15.1. The molecule has 4 nitrogen and oxygen atoms in total. The normalized spacial score (nSPS) is 21.5. The van der Waals surface area contributed by atoms with Crippen LogP contribution in [0.25, 0.3) is 0 Å². The molecular weight excluding hydrogens is 188 g/mol. The Labute approximate surface area is 91.1 Å². The Balaban J connectivity index is 1.83. The number of hydrogen-bond donors (Lipinski definition) is 2. The number of H-pyrrole nitrogens is 1. The summed E-state index contributed by atoms with van der Waals surface area (Å²) >= 11 is 0. The zero-order valence-electron chi connectivity index (χ0n) is 9.53. The molecule has 0 aromatic carbocycles. The fourth-order valence-corrected chi connectivity index (χ4v) is 2.24. The first-order valence-electron chi connectivity index (χ1n) is 5.69. The molecule has 2 N–H and O–H groups in total. The highest BCUT2D eigenvalue weighted by Crippen LogP contribution is 2.21. The summed E-state index contributed by atoms with van der Waals surface area (Å²) in [4.78, 5) is 2.40. The van der Waals surface area contributed by atoms with E-state index in [0.29, 0.717) is 6.04 Å². The van der Waals surface area contributed by atoms with Crippen molar-refractivity contribution in [1.29, 1.82) is 0 Å². The summed E-state index contributed by atoms with van der Waals surface area (Å²) in [6.07, 6.45) is 6.34. The van der Waals surface area contributed by atoms with E-state index in [2.05, 4.69) is 34.4 Å². The van der Waals surface area contributed by atoms with E-state index >= 15 is 0 Å². The predicted molar refractivity (Wildman–Crippen MR) is 61.9 cm³/mol. The second kappa shape index (κ2) is 4.66. The molecule has 4 heteroatoms. The van der Waals surface area contributed by atoms with E-state index in [0.717, 1.165) is 11.6 Å². The SMILES string of the molecule is CC(Nc1cn[nH]c1)C1CCN(C)CC1. The minimum atomic E-state index is 0.538. The second-order valence-corrected chi connectivity index (χ2v) is 4.56. The minimum absolute atomic E-state index is 0.538. The Hall–Kier alpha value is -1.03. The van der Waals surface area contributed by atoms with Crippen molar-refractivity contribution >= 4 is 5.69 Å². The zero-order chi connectivity index (χ0) is 10.7. The van der Waals surface area contributed by atoms with Crippen LogP contribution in [-0.2, 0) is 0 Å². The lowest BCUT2D eigenvalue weighted by atomic mass is 9.90. The Morgan fingerprint density at radius 3 is 2.87 bits per heavy atom. The lowest BCUT2D eigenvalue weighted by molar-refractivity contribution is 0.208. The number of anilines is 1. The molecule has 0 radical (unpaired) electrons. The standard InChI is InChI=1S/C11H20N4/c1-9(14-11-7-12-13-8-11)10-3-5-15(2)6-4-10/h7-10,14H,3-6H2,1-2H3,(H,12,13). The molecule has 0 saturated carbocycles. The summed E-state index contributed by atoms with van der Waals surface area (Å²) in [6, 6.07) is 0.538. The number of piperidine rings is 1. The van der Waals surface area contributed by atoms with E-state index < -0.39 is 0 Å². The number of aromatic amines is 1. The van der Waals surface area contributed by atoms with Crippen molar-refractivity contribution in [1.82, 2.24) is 15.1 Å². The zero-order valence-corrected chi connectivity index (χ0v) is 9.53. The summed E-state index contributed by atoms with van der Waals surface area (Å²) in [5, 5.41) is 10.3. The van der Waals surface area contributed by atoms with Gasteiger partial charge in [-0.3, -0.25) is 5.10 Å². The molecule has 2 heterocycles. The van der Waals surface area contributed by atoms with Gasteiger partial charge in [-0.15, -0.1) is 0 Å². The van der Waals surface area contributed by atoms with Crippen LogP contribution in [0.4, 0.5) is 5.69 Å². The maximum atomic E-state index is 3.94. The molecule has 1 aromatic heterocycles. The Morgan fingerprint density at radius 2 is 2.27 bits per heavy atom. The molecular formula is C11H20N4. The van der Waals surface area contributed by atoms with E-state index in [1.165, 1.54) is 25.9 Å². The molecule has 0 bridgehead atoms. The van der Waals surface area contributed by atoms with Crippen molar-refractivity contribution in [3.8, 4) is 0 Å². The number of nitrogens with zero attached hydrogens (tertiary/aromatic N) is 2. The summed E-state index contributed by atoms with van der Waals surface area (Å²) in [5.74, 6) is 0.788. The van der Waals surface area contributed by atoms with Crippen molar-refractivity contribution in [3.05, 3.63) is 12.4 Å². The first-order chi connectivity index (χ1) is 7.25. The van der Waals surface area contributed by atoms with Gasteiger partial charge in [-0.25, -0.2) is 0 Å². The Bertz CT molecular complexity index is 275. The van der Waals surface area contributed by atoms with Crippen LogP contribution < -0.4 is 5.32 Å². The number of hydrogen-bond acceptors (Lipinski definition) is 3. The van der Waals surface area contributed by atoms with Crippen molar-refractivity contribution < 1.29 is 0 Å². The summed E-state index contributed by atoms with van der Waals surface area (Å²) in [7, 11) is 2.20. The predicted octanol–water partition coefficient (Wildman–Crippen LogP) is 1.55. The van der Waals surface area contributed by atoms with E-state index in [1.54, 1.807) is 0 Å². The van der Waals surface area contributed by atoms with Crippen LogP contribution in [0.3, 0.4) is 0 Å². The second-order valence-electron chi connectivity index (χ2n) is 4.56. The van der Waals surface area contributed by atoms with Crippen molar-refractivity contribution in [2.24, 2.45) is 5.92 Å². The van der Waals surface area contributed by atoms with Gasteiger partial charge in [0, 0.05) is 12.2 Å². The highest BCUT2D eigenvalue weighted by molar-refractivity contribution is 5.38. The molecule has 1 aliphatic rings. The third-order valence-electron chi connectivity index (χ3n) is 3.36. The molecule has 1 aromatic rings. The van der Waals surface area contributed by atoms with Gasteiger partial charge in [0.2, 0.25) is 0 Å². The molecule has 1 fully saturated rings. The first kappa shape index (κ1) is 10.5. The topological polar surface area (TPSA) is 44.0 Å². The van der Waals surface area contributed by atoms with Crippen molar-refractivity contribution in [2.45, 2.75) is 25.8 Å². The molecule has 15 heavy (non-hydrogen) atoms. The minimum Gasteiger partial charge on any atom is -0.380 e. The van der Waals surface area contributed by atoms with Crippen LogP contribution in [0.15, 0.2) is 12.4 Å². The average Bonchev–Trinajstić information content (AvgIpc) is 2.71. The lowest BCUT2D eigenvalue weighted by Crippen LogP contribution is -2.37. The Kier molecular flexibility index (Phi) is 3.26. The quantitative estimate of drug-likeness (QED) is 0.792. The number of rotatable bonds is 3. The smallest absolute Gasteiger partial charge is 0.0725 e. The maximum absolute atomic E-state index is 3.94. The molecule has 0 spiro atoms. The monoisotopic (exact) mass is 208 g/mol. The molecule has 1 aliphatic heterocycles. The van der Waals surface area contributed by atoms with Gasteiger partial charge in [0.15, 0.2) is 0 Å². The van der Waals surface area contributed by atoms with Crippen LogP contribution in [0, 0.1) is 5.92 Å². The third-order valence-corrected chi connectivity index (χ3v) is 3.36. The Morgan fingerprint density at radius 1 is 1.53 bits per heavy atom. The molecule has 84 valence electrons. The van der Waals surface area contributed by atoms with Crippen LogP contribution in [0.1, 0.15) is 19.8 Å². The van der Waals surface area contributed by atoms with Crippen molar-refractivity contribution in [2.75, 3.05) is 25.5 Å². The van der Waals surface area contributed by atoms with E-state index in [1.807, 2.05) is 12.4 Å². The van der Waals surface area contributed by atoms with Gasteiger partial charge in [-0.2, -0.15) is 5.10 Å². The van der Waals surface area contributed by atoms with Gasteiger partial charge < -0.3 is 10.2 Å². The average molecular weight is 208 g/mol. The molecule has 1 unspecified atom stereocenters. The molecule has 1 atom stereocenters. The highest BCUT2D eigenvalue weighted by Gasteiger charge is 2.22. The van der Waals surface area contributed by atoms with E-state index in [4.69, 9.17) is 0 Å². The van der Waals surface area contributed by atoms with Gasteiger partial charge >= 0.3 is 0 Å². The van der Waals surface area contributed by atoms with E-state index in [-0.39, 0.29) is 0 Å². The molecule has 2 rings (SSSR count). The fraction of sp³-hybridized carbons (Fsp3) is 0.727. The van der Waals surface area contributed by atoms with Crippen LogP contribution >= 0.6 is 0 Å². The summed E-state index contributed by atoms with van der Waals surface area (Å²) in [6.45, 7) is 4.72. The van der Waals surface area contributed by atoms with Gasteiger partial charge in [-0.1, -0.05) is 0 Å². The van der Waals surface area contributed by atoms with Crippen LogP contribution in [0.5, 0.6) is 0 Å². The van der Waals surface area contributed by atoms with Crippen LogP contribution in [-0.4, -0.2) is 41.3 Å².